The zero-order chi connectivity index (χ0) is 22.6. The number of aromatic nitrogens is 1. The summed E-state index contributed by atoms with van der Waals surface area (Å²) in [5.41, 5.74) is 1.94. The molecule has 9 heteroatoms. The number of likely N-dealkylation sites (N-methyl/N-ethyl adjacent to an activating group) is 1. The van der Waals surface area contributed by atoms with Crippen LogP contribution in [0.1, 0.15) is 18.1 Å². The number of carbonyl (C=O) groups excluding carboxylic acids is 2. The summed E-state index contributed by atoms with van der Waals surface area (Å²) in [6, 6.07) is 12.3. The molecule has 0 aliphatic rings. The highest BCUT2D eigenvalue weighted by atomic mass is 19.4. The van der Waals surface area contributed by atoms with Crippen LogP contribution in [0.15, 0.2) is 54.7 Å². The van der Waals surface area contributed by atoms with Gasteiger partial charge in [-0.25, -0.2) is 0 Å². The molecule has 6 nitrogen and oxygen atoms in total. The third kappa shape index (κ3) is 5.78. The second-order valence-corrected chi connectivity index (χ2v) is 7.17. The highest BCUT2D eigenvalue weighted by Crippen LogP contribution is 2.27. The topological polar surface area (TPSA) is 74.4 Å². The van der Waals surface area contributed by atoms with E-state index in [4.69, 9.17) is 0 Å². The average molecular weight is 433 g/mol. The van der Waals surface area contributed by atoms with Crippen LogP contribution in [-0.2, 0) is 22.6 Å². The average Bonchev–Trinajstić information content (AvgIpc) is 3.10. The Bertz CT molecular complexity index is 1080. The van der Waals surface area contributed by atoms with Crippen LogP contribution in [0.3, 0.4) is 0 Å². The quantitative estimate of drug-likeness (QED) is 0.596. The molecule has 0 aliphatic heterocycles. The van der Waals surface area contributed by atoms with Crippen molar-refractivity contribution in [3.8, 4) is 5.75 Å². The van der Waals surface area contributed by atoms with E-state index in [1.54, 1.807) is 12.3 Å². The lowest BCUT2D eigenvalue weighted by atomic mass is 10.0. The fraction of sp³-hybridized carbons (Fsp3) is 0.273. The standard InChI is InChI=1S/C22H22F3N3O3/c1-14(29)27-19(11-16-12-26-18-9-5-4-8-17(16)18)21(30)28(2)13-15-7-3-6-10-20(15)31-22(23,24)25/h3-10,12,19,26H,11,13H2,1-2H3,(H,27,29). The van der Waals surface area contributed by atoms with Gasteiger partial charge in [-0.15, -0.1) is 13.2 Å². The van der Waals surface area contributed by atoms with Crippen LogP contribution in [0.5, 0.6) is 5.75 Å². The molecule has 164 valence electrons. The molecular formula is C22H22F3N3O3. The number of aromatic amines is 1. The lowest BCUT2D eigenvalue weighted by Crippen LogP contribution is -2.47. The number of nitrogens with zero attached hydrogens (tertiary/aromatic N) is 1. The maximum absolute atomic E-state index is 13.1. The summed E-state index contributed by atoms with van der Waals surface area (Å²) >= 11 is 0. The first-order valence-corrected chi connectivity index (χ1v) is 9.55. The second-order valence-electron chi connectivity index (χ2n) is 7.17. The van der Waals surface area contributed by atoms with Gasteiger partial charge in [0.2, 0.25) is 11.8 Å². The Kier molecular flexibility index (Phi) is 6.53. The van der Waals surface area contributed by atoms with Crippen molar-refractivity contribution in [2.45, 2.75) is 32.3 Å². The first-order valence-electron chi connectivity index (χ1n) is 9.55. The molecule has 3 rings (SSSR count). The molecule has 0 bridgehead atoms. The Labute approximate surface area is 177 Å². The van der Waals surface area contributed by atoms with Crippen LogP contribution in [-0.4, -0.2) is 41.2 Å². The van der Waals surface area contributed by atoms with Gasteiger partial charge in [0.15, 0.2) is 0 Å². The van der Waals surface area contributed by atoms with Crippen LogP contribution in [0.2, 0.25) is 0 Å². The lowest BCUT2D eigenvalue weighted by Gasteiger charge is -2.25. The van der Waals surface area contributed by atoms with Gasteiger partial charge in [0.1, 0.15) is 11.8 Å². The van der Waals surface area contributed by atoms with Gasteiger partial charge in [0, 0.05) is 49.6 Å². The van der Waals surface area contributed by atoms with Crippen LogP contribution >= 0.6 is 0 Å². The maximum atomic E-state index is 13.1. The number of hydrogen-bond acceptors (Lipinski definition) is 3. The number of hydrogen-bond donors (Lipinski definition) is 2. The molecule has 31 heavy (non-hydrogen) atoms. The van der Waals surface area contributed by atoms with E-state index in [-0.39, 0.29) is 30.2 Å². The molecule has 1 aromatic heterocycles. The summed E-state index contributed by atoms with van der Waals surface area (Å²) in [4.78, 5) is 29.2. The number of benzene rings is 2. The normalized spacial score (nSPS) is 12.4. The van der Waals surface area contributed by atoms with Gasteiger partial charge in [-0.3, -0.25) is 9.59 Å². The summed E-state index contributed by atoms with van der Waals surface area (Å²) in [7, 11) is 1.47. The smallest absolute Gasteiger partial charge is 0.405 e. The van der Waals surface area contributed by atoms with Gasteiger partial charge in [-0.05, 0) is 17.7 Å². The molecular weight excluding hydrogens is 411 g/mol. The minimum Gasteiger partial charge on any atom is -0.405 e. The molecule has 3 aromatic rings. The fourth-order valence-electron chi connectivity index (χ4n) is 3.42. The van der Waals surface area contributed by atoms with Crippen molar-refractivity contribution in [3.05, 3.63) is 65.9 Å². The van der Waals surface area contributed by atoms with Crippen LogP contribution < -0.4 is 10.1 Å². The molecule has 0 saturated heterocycles. The van der Waals surface area contributed by atoms with Crippen molar-refractivity contribution in [2.75, 3.05) is 7.05 Å². The van der Waals surface area contributed by atoms with E-state index in [0.717, 1.165) is 16.5 Å². The number of amides is 2. The molecule has 2 amide bonds. The molecule has 0 spiro atoms. The van der Waals surface area contributed by atoms with Crippen molar-refractivity contribution in [3.63, 3.8) is 0 Å². The molecule has 0 aliphatic carbocycles. The Hall–Kier alpha value is -3.49. The number of nitrogens with one attached hydrogen (secondary N) is 2. The van der Waals surface area contributed by atoms with Crippen molar-refractivity contribution in [1.29, 1.82) is 0 Å². The van der Waals surface area contributed by atoms with Crippen molar-refractivity contribution >= 4 is 22.7 Å². The van der Waals surface area contributed by atoms with Crippen LogP contribution in [0, 0.1) is 0 Å². The monoisotopic (exact) mass is 433 g/mol. The Morgan fingerprint density at radius 3 is 2.48 bits per heavy atom. The van der Waals surface area contributed by atoms with E-state index >= 15 is 0 Å². The minimum absolute atomic E-state index is 0.116. The number of fused-ring (bicyclic) bond motifs is 1. The summed E-state index contributed by atoms with van der Waals surface area (Å²) < 4.78 is 42.1. The highest BCUT2D eigenvalue weighted by molar-refractivity contribution is 5.89. The first kappa shape index (κ1) is 22.2. The largest absolute Gasteiger partial charge is 0.573 e. The molecule has 0 fully saturated rings. The van der Waals surface area contributed by atoms with Crippen molar-refractivity contribution < 1.29 is 27.5 Å². The van der Waals surface area contributed by atoms with Crippen LogP contribution in [0.4, 0.5) is 13.2 Å². The number of carbonyl (C=O) groups is 2. The first-order chi connectivity index (χ1) is 14.6. The summed E-state index contributed by atoms with van der Waals surface area (Å²) in [5, 5.41) is 3.57. The van der Waals surface area contributed by atoms with E-state index in [0.29, 0.717) is 0 Å². The van der Waals surface area contributed by atoms with Crippen LogP contribution in [0.25, 0.3) is 10.9 Å². The van der Waals surface area contributed by atoms with E-state index in [1.165, 1.54) is 37.1 Å². The van der Waals surface area contributed by atoms with Crippen molar-refractivity contribution in [1.82, 2.24) is 15.2 Å². The third-order valence-electron chi connectivity index (χ3n) is 4.76. The SMILES string of the molecule is CC(=O)NC(Cc1c[nH]c2ccccc12)C(=O)N(C)Cc1ccccc1OC(F)(F)F. The maximum Gasteiger partial charge on any atom is 0.573 e. The van der Waals surface area contributed by atoms with Gasteiger partial charge < -0.3 is 19.9 Å². The van der Waals surface area contributed by atoms with E-state index < -0.39 is 18.3 Å². The molecule has 0 saturated carbocycles. The summed E-state index contributed by atoms with van der Waals surface area (Å²) in [5.74, 6) is -1.18. The van der Waals surface area contributed by atoms with E-state index in [1.807, 2.05) is 24.3 Å². The van der Waals surface area contributed by atoms with E-state index in [2.05, 4.69) is 15.0 Å². The molecule has 0 radical (unpaired) electrons. The van der Waals surface area contributed by atoms with E-state index in [9.17, 15) is 22.8 Å². The second kappa shape index (κ2) is 9.11. The van der Waals surface area contributed by atoms with Gasteiger partial charge in [0.05, 0.1) is 0 Å². The molecule has 2 N–H and O–H groups in total. The third-order valence-corrected chi connectivity index (χ3v) is 4.76. The number of H-pyrrole nitrogens is 1. The van der Waals surface area contributed by atoms with Gasteiger partial charge in [-0.2, -0.15) is 0 Å². The molecule has 1 unspecified atom stereocenters. The molecule has 1 heterocycles. The number of halogens is 3. The fourth-order valence-corrected chi connectivity index (χ4v) is 3.42. The lowest BCUT2D eigenvalue weighted by molar-refractivity contribution is -0.275. The number of ether oxygens (including phenoxy) is 1. The molecule has 2 aromatic carbocycles. The predicted molar refractivity (Wildman–Crippen MR) is 109 cm³/mol. The van der Waals surface area contributed by atoms with Crippen molar-refractivity contribution in [2.24, 2.45) is 0 Å². The Morgan fingerprint density at radius 1 is 1.10 bits per heavy atom. The number of alkyl halides is 3. The zero-order valence-corrected chi connectivity index (χ0v) is 17.0. The summed E-state index contributed by atoms with van der Waals surface area (Å²) in [6.45, 7) is 1.19. The highest BCUT2D eigenvalue weighted by Gasteiger charge is 2.32. The Balaban J connectivity index is 1.80. The molecule has 1 atom stereocenters. The Morgan fingerprint density at radius 2 is 1.77 bits per heavy atom. The van der Waals surface area contributed by atoms with Gasteiger partial charge in [-0.1, -0.05) is 36.4 Å². The number of para-hydroxylation sites is 2. The predicted octanol–water partition coefficient (Wildman–Crippen LogP) is 3.77. The summed E-state index contributed by atoms with van der Waals surface area (Å²) in [6.07, 6.45) is -2.83. The minimum atomic E-state index is -4.84. The van der Waals surface area contributed by atoms with Gasteiger partial charge in [0.25, 0.3) is 0 Å². The van der Waals surface area contributed by atoms with Gasteiger partial charge >= 0.3 is 6.36 Å². The zero-order valence-electron chi connectivity index (χ0n) is 17.0. The number of rotatable bonds is 7.